The van der Waals surface area contributed by atoms with Gasteiger partial charge in [0.15, 0.2) is 11.6 Å². The van der Waals surface area contributed by atoms with Gasteiger partial charge in [0.1, 0.15) is 0 Å². The van der Waals surface area contributed by atoms with E-state index in [1.54, 1.807) is 0 Å². The minimum atomic E-state index is -0.648. The van der Waals surface area contributed by atoms with Gasteiger partial charge in [0, 0.05) is 24.7 Å². The van der Waals surface area contributed by atoms with Crippen molar-refractivity contribution in [2.24, 2.45) is 5.73 Å². The van der Waals surface area contributed by atoms with Crippen LogP contribution in [0.5, 0.6) is 5.75 Å². The summed E-state index contributed by atoms with van der Waals surface area (Å²) >= 11 is 0. The smallest absolute Gasteiger partial charge is 0.313 e. The first-order valence-electron chi connectivity index (χ1n) is 7.00. The fraction of sp³-hybridized carbons (Fsp3) is 0.571. The van der Waals surface area contributed by atoms with Gasteiger partial charge in [-0.05, 0) is 26.2 Å². The van der Waals surface area contributed by atoms with E-state index in [0.29, 0.717) is 12.2 Å². The molecule has 2 unspecified atom stereocenters. The van der Waals surface area contributed by atoms with E-state index in [2.05, 4.69) is 0 Å². The fourth-order valence-corrected chi connectivity index (χ4v) is 2.86. The third kappa shape index (κ3) is 3.07. The Morgan fingerprint density at radius 1 is 1.52 bits per heavy atom. The van der Waals surface area contributed by atoms with Crippen molar-refractivity contribution in [3.63, 3.8) is 0 Å². The highest BCUT2D eigenvalue weighted by Crippen LogP contribution is 2.36. The molecule has 7 heteroatoms. The second-order valence-electron chi connectivity index (χ2n) is 5.35. The van der Waals surface area contributed by atoms with Gasteiger partial charge in [-0.25, -0.2) is 4.39 Å². The number of halogens is 1. The third-order valence-electron chi connectivity index (χ3n) is 3.91. The normalized spacial score (nSPS) is 20.2. The van der Waals surface area contributed by atoms with Gasteiger partial charge < -0.3 is 15.4 Å². The van der Waals surface area contributed by atoms with Crippen molar-refractivity contribution in [2.45, 2.75) is 38.3 Å². The van der Waals surface area contributed by atoms with Gasteiger partial charge in [-0.2, -0.15) is 0 Å². The summed E-state index contributed by atoms with van der Waals surface area (Å²) in [5.41, 5.74) is 5.94. The molecular weight excluding hydrogens is 277 g/mol. The highest BCUT2D eigenvalue weighted by atomic mass is 19.1. The average molecular weight is 297 g/mol. The molecule has 0 saturated carbocycles. The van der Waals surface area contributed by atoms with Crippen LogP contribution in [0.4, 0.5) is 15.8 Å². The van der Waals surface area contributed by atoms with E-state index in [4.69, 9.17) is 10.5 Å². The van der Waals surface area contributed by atoms with Crippen molar-refractivity contribution >= 4 is 11.4 Å². The quantitative estimate of drug-likeness (QED) is 0.682. The van der Waals surface area contributed by atoms with Crippen LogP contribution in [0.1, 0.15) is 26.2 Å². The Bertz CT molecular complexity index is 536. The molecule has 0 aliphatic carbocycles. The standard InChI is InChI=1S/C14H20FN3O3/c1-9(16)11-5-3-4-6-17(11)12-8-14(21-2)13(18(19)20)7-10(12)15/h7-9,11H,3-6,16H2,1-2H3. The summed E-state index contributed by atoms with van der Waals surface area (Å²) in [4.78, 5) is 12.2. The summed E-state index contributed by atoms with van der Waals surface area (Å²) in [5, 5.41) is 10.9. The molecule has 0 amide bonds. The van der Waals surface area contributed by atoms with Crippen molar-refractivity contribution in [2.75, 3.05) is 18.6 Å². The number of hydrogen-bond acceptors (Lipinski definition) is 5. The van der Waals surface area contributed by atoms with Gasteiger partial charge in [0.25, 0.3) is 0 Å². The fourth-order valence-electron chi connectivity index (χ4n) is 2.86. The van der Waals surface area contributed by atoms with E-state index >= 15 is 0 Å². The number of nitrogens with zero attached hydrogens (tertiary/aromatic N) is 2. The van der Waals surface area contributed by atoms with Gasteiger partial charge >= 0.3 is 5.69 Å². The third-order valence-corrected chi connectivity index (χ3v) is 3.91. The lowest BCUT2D eigenvalue weighted by atomic mass is 9.96. The number of nitro benzene ring substituents is 1. The monoisotopic (exact) mass is 297 g/mol. The molecule has 0 aromatic heterocycles. The molecule has 2 N–H and O–H groups in total. The van der Waals surface area contributed by atoms with E-state index in [0.717, 1.165) is 25.3 Å². The van der Waals surface area contributed by atoms with Crippen LogP contribution in [-0.2, 0) is 0 Å². The van der Waals surface area contributed by atoms with Crippen LogP contribution in [0.25, 0.3) is 0 Å². The van der Waals surface area contributed by atoms with Crippen LogP contribution in [-0.4, -0.2) is 30.7 Å². The topological polar surface area (TPSA) is 81.6 Å². The van der Waals surface area contributed by atoms with Gasteiger partial charge in [0.05, 0.1) is 23.8 Å². The lowest BCUT2D eigenvalue weighted by Gasteiger charge is -2.39. The largest absolute Gasteiger partial charge is 0.490 e. The number of hydrogen-bond donors (Lipinski definition) is 1. The summed E-state index contributed by atoms with van der Waals surface area (Å²) in [6.45, 7) is 2.58. The van der Waals surface area contributed by atoms with E-state index in [1.165, 1.54) is 13.2 Å². The zero-order valence-electron chi connectivity index (χ0n) is 12.2. The molecular formula is C14H20FN3O3. The highest BCUT2D eigenvalue weighted by Gasteiger charge is 2.29. The average Bonchev–Trinajstić information content (AvgIpc) is 2.46. The Morgan fingerprint density at radius 3 is 2.81 bits per heavy atom. The van der Waals surface area contributed by atoms with Crippen molar-refractivity contribution in [3.8, 4) is 5.75 Å². The van der Waals surface area contributed by atoms with Crippen LogP contribution < -0.4 is 15.4 Å². The van der Waals surface area contributed by atoms with Gasteiger partial charge in [-0.3, -0.25) is 10.1 Å². The first-order valence-corrected chi connectivity index (χ1v) is 7.00. The first-order chi connectivity index (χ1) is 9.95. The highest BCUT2D eigenvalue weighted by molar-refractivity contribution is 5.61. The van der Waals surface area contributed by atoms with Crippen LogP contribution >= 0.6 is 0 Å². The summed E-state index contributed by atoms with van der Waals surface area (Å²) in [6.07, 6.45) is 2.88. The Kier molecular flexibility index (Phi) is 4.62. The van der Waals surface area contributed by atoms with Crippen LogP contribution in [0, 0.1) is 15.9 Å². The molecule has 1 aromatic rings. The minimum absolute atomic E-state index is 0.0272. The lowest BCUT2D eigenvalue weighted by Crippen LogP contribution is -2.49. The Hall–Kier alpha value is -1.89. The number of methoxy groups -OCH3 is 1. The number of benzene rings is 1. The molecule has 116 valence electrons. The van der Waals surface area contributed by atoms with Crippen LogP contribution in [0.2, 0.25) is 0 Å². The van der Waals surface area contributed by atoms with Crippen molar-refractivity contribution in [1.29, 1.82) is 0 Å². The second-order valence-corrected chi connectivity index (χ2v) is 5.35. The summed E-state index contributed by atoms with van der Waals surface area (Å²) in [7, 11) is 1.34. The van der Waals surface area contributed by atoms with Gasteiger partial charge in [0.2, 0.25) is 0 Å². The second kappa shape index (κ2) is 6.26. The van der Waals surface area contributed by atoms with Crippen LogP contribution in [0.3, 0.4) is 0 Å². The van der Waals surface area contributed by atoms with E-state index < -0.39 is 10.7 Å². The van der Waals surface area contributed by atoms with Gasteiger partial charge in [-0.1, -0.05) is 0 Å². The summed E-state index contributed by atoms with van der Waals surface area (Å²) < 4.78 is 19.3. The number of piperidine rings is 1. The number of nitrogens with two attached hydrogens (primary N) is 1. The molecule has 1 saturated heterocycles. The summed E-state index contributed by atoms with van der Waals surface area (Å²) in [5.74, 6) is -0.555. The molecule has 21 heavy (non-hydrogen) atoms. The van der Waals surface area contributed by atoms with Crippen molar-refractivity contribution in [1.82, 2.24) is 0 Å². The van der Waals surface area contributed by atoms with E-state index in [1.807, 2.05) is 11.8 Å². The molecule has 1 heterocycles. The molecule has 1 fully saturated rings. The molecule has 0 spiro atoms. The van der Waals surface area contributed by atoms with E-state index in [9.17, 15) is 14.5 Å². The maximum absolute atomic E-state index is 14.3. The van der Waals surface area contributed by atoms with Crippen molar-refractivity contribution in [3.05, 3.63) is 28.1 Å². The SMILES string of the molecule is COc1cc(N2CCCCC2C(C)N)c(F)cc1[N+](=O)[O-]. The van der Waals surface area contributed by atoms with Crippen LogP contribution in [0.15, 0.2) is 12.1 Å². The molecule has 0 bridgehead atoms. The minimum Gasteiger partial charge on any atom is -0.490 e. The number of ether oxygens (including phenoxy) is 1. The number of nitro groups is 1. The molecule has 1 aliphatic heterocycles. The lowest BCUT2D eigenvalue weighted by molar-refractivity contribution is -0.385. The predicted molar refractivity (Wildman–Crippen MR) is 78.2 cm³/mol. The predicted octanol–water partition coefficient (Wildman–Crippen LogP) is 2.45. The maximum atomic E-state index is 14.3. The first kappa shape index (κ1) is 15.5. The maximum Gasteiger partial charge on any atom is 0.313 e. The Balaban J connectivity index is 2.45. The number of anilines is 1. The molecule has 1 aromatic carbocycles. The molecule has 1 aliphatic rings. The van der Waals surface area contributed by atoms with E-state index in [-0.39, 0.29) is 23.5 Å². The summed E-state index contributed by atoms with van der Waals surface area (Å²) in [6, 6.07) is 2.24. The Labute approximate surface area is 122 Å². The van der Waals surface area contributed by atoms with Crippen molar-refractivity contribution < 1.29 is 14.1 Å². The Morgan fingerprint density at radius 2 is 2.24 bits per heavy atom. The number of rotatable bonds is 4. The molecule has 2 rings (SSSR count). The van der Waals surface area contributed by atoms with Gasteiger partial charge in [-0.15, -0.1) is 0 Å². The molecule has 2 atom stereocenters. The zero-order valence-corrected chi connectivity index (χ0v) is 12.2. The zero-order chi connectivity index (χ0) is 15.6. The molecule has 0 radical (unpaired) electrons. The molecule has 6 nitrogen and oxygen atoms in total.